The summed E-state index contributed by atoms with van der Waals surface area (Å²) in [6, 6.07) is 0.582. The topological polar surface area (TPSA) is 29.5 Å². The lowest BCUT2D eigenvalue weighted by Gasteiger charge is -2.38. The first kappa shape index (κ1) is 14.8. The summed E-state index contributed by atoms with van der Waals surface area (Å²) in [6.45, 7) is 8.48. The molecule has 3 nitrogen and oxygen atoms in total. The second kappa shape index (κ2) is 6.22. The molecular formula is C15H20INO2. The van der Waals surface area contributed by atoms with Crippen molar-refractivity contribution in [3.8, 4) is 0 Å². The van der Waals surface area contributed by atoms with Crippen molar-refractivity contribution in [2.24, 2.45) is 0 Å². The molecule has 2 fully saturated rings. The van der Waals surface area contributed by atoms with Gasteiger partial charge in [-0.05, 0) is 29.5 Å². The van der Waals surface area contributed by atoms with Gasteiger partial charge in [0.1, 0.15) is 5.60 Å². The van der Waals surface area contributed by atoms with Gasteiger partial charge in [-0.15, -0.1) is 0 Å². The first-order chi connectivity index (χ1) is 9.16. The summed E-state index contributed by atoms with van der Waals surface area (Å²) in [5.41, 5.74) is -0.563. The minimum atomic E-state index is -0.563. The fourth-order valence-electron chi connectivity index (χ4n) is 3.32. The van der Waals surface area contributed by atoms with Gasteiger partial charge < -0.3 is 4.74 Å². The smallest absolute Gasteiger partial charge is 0.331 e. The van der Waals surface area contributed by atoms with Gasteiger partial charge >= 0.3 is 5.97 Å². The van der Waals surface area contributed by atoms with Gasteiger partial charge in [-0.1, -0.05) is 48.2 Å². The molecule has 0 amide bonds. The van der Waals surface area contributed by atoms with Gasteiger partial charge in [0.2, 0.25) is 0 Å². The second-order valence-electron chi connectivity index (χ2n) is 5.12. The Kier molecular flexibility index (Phi) is 4.84. The highest BCUT2D eigenvalue weighted by molar-refractivity contribution is 14.1. The minimum absolute atomic E-state index is 0.250. The van der Waals surface area contributed by atoms with Crippen molar-refractivity contribution in [2.75, 3.05) is 6.54 Å². The molecule has 0 bridgehead atoms. The lowest BCUT2D eigenvalue weighted by molar-refractivity contribution is -0.151. The zero-order valence-electron chi connectivity index (χ0n) is 11.1. The Morgan fingerprint density at radius 2 is 2.21 bits per heavy atom. The van der Waals surface area contributed by atoms with Gasteiger partial charge in [-0.2, -0.15) is 0 Å². The van der Waals surface area contributed by atoms with Crippen LogP contribution in [-0.4, -0.2) is 35.1 Å². The number of hydrogen-bond acceptors (Lipinski definition) is 3. The summed E-state index contributed by atoms with van der Waals surface area (Å²) < 4.78 is 7.73. The number of halogens is 1. The maximum absolute atomic E-state index is 11.6. The number of nitrogens with zero attached hydrogens (tertiary/aromatic N) is 1. The fraction of sp³-hybridized carbons (Fsp3) is 0.533. The minimum Gasteiger partial charge on any atom is -0.450 e. The zero-order chi connectivity index (χ0) is 13.9. The average molecular weight is 373 g/mol. The van der Waals surface area contributed by atoms with Crippen LogP contribution in [0.1, 0.15) is 25.7 Å². The highest BCUT2D eigenvalue weighted by atomic mass is 127. The van der Waals surface area contributed by atoms with Crippen LogP contribution in [0.4, 0.5) is 0 Å². The number of fused-ring (bicyclic) bond motifs is 1. The van der Waals surface area contributed by atoms with Crippen molar-refractivity contribution in [1.82, 2.24) is 4.90 Å². The quantitative estimate of drug-likeness (QED) is 0.328. The number of piperidine rings is 1. The van der Waals surface area contributed by atoms with Crippen LogP contribution in [0.3, 0.4) is 0 Å². The van der Waals surface area contributed by atoms with E-state index in [0.29, 0.717) is 6.04 Å². The van der Waals surface area contributed by atoms with E-state index in [1.165, 1.54) is 18.9 Å². The molecule has 0 aromatic heterocycles. The molecule has 2 heterocycles. The van der Waals surface area contributed by atoms with E-state index in [2.05, 4.69) is 46.7 Å². The maximum atomic E-state index is 11.6. The third-order valence-electron chi connectivity index (χ3n) is 4.16. The van der Waals surface area contributed by atoms with Gasteiger partial charge in [-0.25, -0.2) is 4.79 Å². The number of carbonyl (C=O) groups is 1. The molecule has 0 aromatic carbocycles. The number of hydrogen-bond donors (Lipinski definition) is 0. The molecule has 0 radical (unpaired) electrons. The molecule has 2 aliphatic heterocycles. The van der Waals surface area contributed by atoms with Crippen LogP contribution in [0.25, 0.3) is 0 Å². The lowest BCUT2D eigenvalue weighted by atomic mass is 9.88. The monoisotopic (exact) mass is 373 g/mol. The molecule has 4 heteroatoms. The molecule has 2 aliphatic rings. The second-order valence-corrected chi connectivity index (χ2v) is 5.84. The van der Waals surface area contributed by atoms with E-state index in [-0.39, 0.29) is 12.0 Å². The lowest BCUT2D eigenvalue weighted by Crippen LogP contribution is -2.48. The Balaban J connectivity index is 2.29. The number of rotatable bonds is 4. The fourth-order valence-corrected chi connectivity index (χ4v) is 3.80. The zero-order valence-corrected chi connectivity index (χ0v) is 13.2. The van der Waals surface area contributed by atoms with E-state index < -0.39 is 5.60 Å². The molecule has 0 aliphatic carbocycles. The van der Waals surface area contributed by atoms with Crippen molar-refractivity contribution in [1.29, 1.82) is 0 Å². The Morgan fingerprint density at radius 3 is 2.84 bits per heavy atom. The molecule has 0 unspecified atom stereocenters. The summed E-state index contributed by atoms with van der Waals surface area (Å²) in [4.78, 5) is 14.1. The average Bonchev–Trinajstić information content (AvgIpc) is 2.74. The summed E-state index contributed by atoms with van der Waals surface area (Å²) >= 11 is 2.24. The first-order valence-electron chi connectivity index (χ1n) is 6.68. The van der Waals surface area contributed by atoms with Gasteiger partial charge in [0.05, 0.1) is 6.04 Å². The Bertz CT molecular complexity index is 407. The van der Waals surface area contributed by atoms with Gasteiger partial charge in [0.15, 0.2) is 0 Å². The molecule has 19 heavy (non-hydrogen) atoms. The van der Waals surface area contributed by atoms with Crippen LogP contribution in [0, 0.1) is 0 Å². The molecule has 0 N–H and O–H groups in total. The van der Waals surface area contributed by atoms with E-state index >= 15 is 0 Å². The van der Waals surface area contributed by atoms with Crippen molar-refractivity contribution >= 4 is 28.6 Å². The summed E-state index contributed by atoms with van der Waals surface area (Å²) in [7, 11) is 0. The van der Waals surface area contributed by atoms with Crippen molar-refractivity contribution < 1.29 is 9.53 Å². The third kappa shape index (κ3) is 2.79. The Labute approximate surface area is 128 Å². The standard InChI is InChI=1S/C15H20INO2/c1-3-14(18)19-15(4-2)11-12(8-9-16)17-10-6-5-7-13(15)17/h3-4,8-9,12-13H,1-2,5-7,10-11H2/b9-8-/t12-,13-,15-/m1/s1. The van der Waals surface area contributed by atoms with Crippen LogP contribution in [-0.2, 0) is 9.53 Å². The van der Waals surface area contributed by atoms with Crippen LogP contribution in [0.15, 0.2) is 35.5 Å². The molecular weight excluding hydrogens is 353 g/mol. The van der Waals surface area contributed by atoms with Crippen LogP contribution in [0.2, 0.25) is 0 Å². The van der Waals surface area contributed by atoms with E-state index in [1.807, 2.05) is 10.2 Å². The van der Waals surface area contributed by atoms with E-state index in [9.17, 15) is 4.79 Å². The normalized spacial score (nSPS) is 35.0. The van der Waals surface area contributed by atoms with Gasteiger partial charge in [0, 0.05) is 18.5 Å². The van der Waals surface area contributed by atoms with Crippen molar-refractivity contribution in [3.63, 3.8) is 0 Å². The third-order valence-corrected chi connectivity index (χ3v) is 4.58. The molecule has 104 valence electrons. The van der Waals surface area contributed by atoms with E-state index in [0.717, 1.165) is 19.4 Å². The predicted molar refractivity (Wildman–Crippen MR) is 85.1 cm³/mol. The van der Waals surface area contributed by atoms with Crippen LogP contribution < -0.4 is 0 Å². The Hall–Kier alpha value is -0.620. The van der Waals surface area contributed by atoms with E-state index in [1.54, 1.807) is 0 Å². The molecule has 2 saturated heterocycles. The van der Waals surface area contributed by atoms with Crippen LogP contribution >= 0.6 is 22.6 Å². The van der Waals surface area contributed by atoms with Crippen LogP contribution in [0.5, 0.6) is 0 Å². The molecule has 0 aromatic rings. The molecule has 0 spiro atoms. The maximum Gasteiger partial charge on any atom is 0.331 e. The van der Waals surface area contributed by atoms with Crippen molar-refractivity contribution in [3.05, 3.63) is 35.5 Å². The van der Waals surface area contributed by atoms with Gasteiger partial charge in [0.25, 0.3) is 0 Å². The largest absolute Gasteiger partial charge is 0.450 e. The number of esters is 1. The Morgan fingerprint density at radius 1 is 1.42 bits per heavy atom. The number of carbonyl (C=O) groups excluding carboxylic acids is 1. The molecule has 0 saturated carbocycles. The summed E-state index contributed by atoms with van der Waals surface area (Å²) in [5, 5.41) is 0. The van der Waals surface area contributed by atoms with Crippen molar-refractivity contribution in [2.45, 2.75) is 43.4 Å². The molecule has 3 atom stereocenters. The summed E-state index contributed by atoms with van der Waals surface area (Å²) in [6.07, 6.45) is 9.49. The first-order valence-corrected chi connectivity index (χ1v) is 7.93. The SMILES string of the molecule is C=CC(=O)O[C@]1(C=C)C[C@@H](/C=C\I)N2CCCC[C@@H]21. The predicted octanol–water partition coefficient (Wildman–Crippen LogP) is 3.22. The highest BCUT2D eigenvalue weighted by Crippen LogP contribution is 2.43. The van der Waals surface area contributed by atoms with Gasteiger partial charge in [-0.3, -0.25) is 4.90 Å². The van der Waals surface area contributed by atoms with E-state index in [4.69, 9.17) is 4.74 Å². The number of ether oxygens (including phenoxy) is 1. The highest BCUT2D eigenvalue weighted by Gasteiger charge is 2.52. The summed E-state index contributed by atoms with van der Waals surface area (Å²) in [5.74, 6) is -0.357. The molecule has 2 rings (SSSR count).